The molecule has 1 atom stereocenters. The standard InChI is InChI=1S/C13H18FNO2S/c1-9(6-7-18-3)15(2)13(17)11-5-4-10(16)8-12(11)14/h4-5,8-9,16H,6-7H2,1-3H3. The molecule has 100 valence electrons. The summed E-state index contributed by atoms with van der Waals surface area (Å²) in [5, 5.41) is 9.12. The number of rotatable bonds is 5. The number of carbonyl (C=O) groups is 1. The van der Waals surface area contributed by atoms with Crippen LogP contribution in [-0.2, 0) is 0 Å². The Labute approximate surface area is 111 Å². The zero-order chi connectivity index (χ0) is 13.7. The highest BCUT2D eigenvalue weighted by atomic mass is 32.2. The fourth-order valence-corrected chi connectivity index (χ4v) is 2.13. The fraction of sp³-hybridized carbons (Fsp3) is 0.462. The third kappa shape index (κ3) is 3.63. The van der Waals surface area contributed by atoms with Gasteiger partial charge in [0, 0.05) is 19.2 Å². The highest BCUT2D eigenvalue weighted by Gasteiger charge is 2.20. The Hall–Kier alpha value is -1.23. The van der Waals surface area contributed by atoms with Crippen molar-refractivity contribution < 1.29 is 14.3 Å². The SMILES string of the molecule is CSCCC(C)N(C)C(=O)c1ccc(O)cc1F. The van der Waals surface area contributed by atoms with E-state index in [-0.39, 0.29) is 23.3 Å². The first-order chi connectivity index (χ1) is 8.47. The number of carbonyl (C=O) groups excluding carboxylic acids is 1. The van der Waals surface area contributed by atoms with Crippen LogP contribution in [0.4, 0.5) is 4.39 Å². The van der Waals surface area contributed by atoms with Gasteiger partial charge in [0.2, 0.25) is 0 Å². The quantitative estimate of drug-likeness (QED) is 0.895. The number of hydrogen-bond acceptors (Lipinski definition) is 3. The Bertz CT molecular complexity index is 425. The molecule has 0 aliphatic carbocycles. The Morgan fingerprint density at radius 3 is 2.78 bits per heavy atom. The molecule has 0 aromatic heterocycles. The molecule has 0 spiro atoms. The molecule has 1 unspecified atom stereocenters. The van der Waals surface area contributed by atoms with E-state index >= 15 is 0 Å². The topological polar surface area (TPSA) is 40.5 Å². The summed E-state index contributed by atoms with van der Waals surface area (Å²) in [4.78, 5) is 13.6. The third-order valence-electron chi connectivity index (χ3n) is 2.90. The molecule has 0 radical (unpaired) electrons. The molecule has 3 nitrogen and oxygen atoms in total. The molecule has 0 bridgehead atoms. The molecule has 0 heterocycles. The summed E-state index contributed by atoms with van der Waals surface area (Å²) in [5.74, 6) is -0.274. The van der Waals surface area contributed by atoms with Gasteiger partial charge in [0.25, 0.3) is 5.91 Å². The minimum atomic E-state index is -0.691. The molecule has 5 heteroatoms. The van der Waals surface area contributed by atoms with Crippen LogP contribution in [0.2, 0.25) is 0 Å². The maximum atomic E-state index is 13.6. The Morgan fingerprint density at radius 1 is 1.56 bits per heavy atom. The van der Waals surface area contributed by atoms with Crippen LogP contribution in [0.25, 0.3) is 0 Å². The van der Waals surface area contributed by atoms with E-state index in [1.807, 2.05) is 13.2 Å². The predicted octanol–water partition coefficient (Wildman–Crippen LogP) is 2.74. The van der Waals surface area contributed by atoms with Crippen molar-refractivity contribution in [3.63, 3.8) is 0 Å². The Balaban J connectivity index is 2.79. The molecule has 0 fully saturated rings. The van der Waals surface area contributed by atoms with Gasteiger partial charge in [-0.25, -0.2) is 4.39 Å². The summed E-state index contributed by atoms with van der Waals surface area (Å²) in [6, 6.07) is 3.63. The van der Waals surface area contributed by atoms with Crippen molar-refractivity contribution in [3.8, 4) is 5.75 Å². The van der Waals surface area contributed by atoms with Gasteiger partial charge in [-0.1, -0.05) is 0 Å². The van der Waals surface area contributed by atoms with Crippen molar-refractivity contribution in [2.75, 3.05) is 19.1 Å². The second-order valence-corrected chi connectivity index (χ2v) is 5.20. The van der Waals surface area contributed by atoms with Crippen molar-refractivity contribution in [3.05, 3.63) is 29.6 Å². The first-order valence-corrected chi connectivity index (χ1v) is 7.11. The molecular formula is C13H18FNO2S. The number of thioether (sulfide) groups is 1. The maximum Gasteiger partial charge on any atom is 0.256 e. The molecule has 0 saturated carbocycles. The average molecular weight is 271 g/mol. The number of nitrogens with zero attached hydrogens (tertiary/aromatic N) is 1. The van der Waals surface area contributed by atoms with Crippen LogP contribution in [0.3, 0.4) is 0 Å². The van der Waals surface area contributed by atoms with Gasteiger partial charge in [0.05, 0.1) is 5.56 Å². The lowest BCUT2D eigenvalue weighted by Crippen LogP contribution is -2.35. The molecule has 1 aromatic carbocycles. The van der Waals surface area contributed by atoms with E-state index in [9.17, 15) is 9.18 Å². The average Bonchev–Trinajstić information content (AvgIpc) is 2.34. The molecule has 0 aliphatic rings. The van der Waals surface area contributed by atoms with Gasteiger partial charge in [-0.3, -0.25) is 4.79 Å². The molecular weight excluding hydrogens is 253 g/mol. The predicted molar refractivity (Wildman–Crippen MR) is 72.6 cm³/mol. The largest absolute Gasteiger partial charge is 0.508 e. The first-order valence-electron chi connectivity index (χ1n) is 5.72. The van der Waals surface area contributed by atoms with Crippen LogP contribution >= 0.6 is 11.8 Å². The maximum absolute atomic E-state index is 13.6. The molecule has 18 heavy (non-hydrogen) atoms. The smallest absolute Gasteiger partial charge is 0.256 e. The van der Waals surface area contributed by atoms with Crippen molar-refractivity contribution in [1.82, 2.24) is 4.90 Å². The molecule has 0 saturated heterocycles. The van der Waals surface area contributed by atoms with E-state index in [0.717, 1.165) is 18.2 Å². The molecule has 1 amide bonds. The second-order valence-electron chi connectivity index (χ2n) is 4.21. The van der Waals surface area contributed by atoms with Crippen LogP contribution in [-0.4, -0.2) is 41.0 Å². The van der Waals surface area contributed by atoms with Crippen LogP contribution in [0.15, 0.2) is 18.2 Å². The van der Waals surface area contributed by atoms with Crippen molar-refractivity contribution in [2.45, 2.75) is 19.4 Å². The number of phenols is 1. The van der Waals surface area contributed by atoms with Gasteiger partial charge >= 0.3 is 0 Å². The van der Waals surface area contributed by atoms with Crippen LogP contribution in [0.1, 0.15) is 23.7 Å². The van der Waals surface area contributed by atoms with Gasteiger partial charge in [-0.15, -0.1) is 0 Å². The third-order valence-corrected chi connectivity index (χ3v) is 3.55. The first kappa shape index (κ1) is 14.8. The molecule has 1 rings (SSSR count). The molecule has 0 aliphatic heterocycles. The number of phenolic OH excluding ortho intramolecular Hbond substituents is 1. The van der Waals surface area contributed by atoms with E-state index in [2.05, 4.69) is 0 Å². The van der Waals surface area contributed by atoms with E-state index in [1.54, 1.807) is 18.8 Å². The Morgan fingerprint density at radius 2 is 2.22 bits per heavy atom. The van der Waals surface area contributed by atoms with Gasteiger partial charge < -0.3 is 10.0 Å². The monoisotopic (exact) mass is 271 g/mol. The number of aromatic hydroxyl groups is 1. The number of hydrogen-bond donors (Lipinski definition) is 1. The van der Waals surface area contributed by atoms with Gasteiger partial charge in [0.15, 0.2) is 0 Å². The van der Waals surface area contributed by atoms with Crippen LogP contribution in [0.5, 0.6) is 5.75 Å². The normalized spacial score (nSPS) is 12.2. The highest BCUT2D eigenvalue weighted by Crippen LogP contribution is 2.18. The molecule has 1 N–H and O–H groups in total. The Kier molecular flexibility index (Phi) is 5.47. The van der Waals surface area contributed by atoms with Crippen molar-refractivity contribution >= 4 is 17.7 Å². The van der Waals surface area contributed by atoms with E-state index in [4.69, 9.17) is 5.11 Å². The van der Waals surface area contributed by atoms with E-state index in [0.29, 0.717) is 0 Å². The highest BCUT2D eigenvalue weighted by molar-refractivity contribution is 7.98. The van der Waals surface area contributed by atoms with Gasteiger partial charge in [-0.05, 0) is 37.5 Å². The summed E-state index contributed by atoms with van der Waals surface area (Å²) in [6.45, 7) is 1.94. The second kappa shape index (κ2) is 6.64. The van der Waals surface area contributed by atoms with E-state index in [1.165, 1.54) is 17.0 Å². The zero-order valence-electron chi connectivity index (χ0n) is 10.8. The summed E-state index contributed by atoms with van der Waals surface area (Å²) < 4.78 is 13.6. The minimum absolute atomic E-state index is 0.00805. The van der Waals surface area contributed by atoms with Crippen LogP contribution in [0, 0.1) is 5.82 Å². The minimum Gasteiger partial charge on any atom is -0.508 e. The number of benzene rings is 1. The summed E-state index contributed by atoms with van der Waals surface area (Å²) in [6.07, 6.45) is 2.87. The van der Waals surface area contributed by atoms with Crippen LogP contribution < -0.4 is 0 Å². The number of amides is 1. The molecule has 1 aromatic rings. The van der Waals surface area contributed by atoms with Gasteiger partial charge in [-0.2, -0.15) is 11.8 Å². The lowest BCUT2D eigenvalue weighted by atomic mass is 10.1. The lowest BCUT2D eigenvalue weighted by Gasteiger charge is -2.25. The number of halogens is 1. The van der Waals surface area contributed by atoms with Crippen molar-refractivity contribution in [2.24, 2.45) is 0 Å². The fourth-order valence-electron chi connectivity index (χ4n) is 1.55. The lowest BCUT2D eigenvalue weighted by molar-refractivity contribution is 0.0736. The van der Waals surface area contributed by atoms with E-state index < -0.39 is 5.82 Å². The summed E-state index contributed by atoms with van der Waals surface area (Å²) in [5.41, 5.74) is -0.00805. The summed E-state index contributed by atoms with van der Waals surface area (Å²) in [7, 11) is 1.67. The zero-order valence-corrected chi connectivity index (χ0v) is 11.6. The van der Waals surface area contributed by atoms with Crippen molar-refractivity contribution in [1.29, 1.82) is 0 Å². The van der Waals surface area contributed by atoms with Gasteiger partial charge in [0.1, 0.15) is 11.6 Å². The summed E-state index contributed by atoms with van der Waals surface area (Å²) >= 11 is 1.71.